The number of benzene rings is 1. The van der Waals surface area contributed by atoms with Crippen molar-refractivity contribution >= 4 is 38.8 Å². The Morgan fingerprint density at radius 1 is 0.459 bits per heavy atom. The largest absolute Gasteiger partial charge is 0.501 e. The molecule has 2 fully saturated rings. The highest BCUT2D eigenvalue weighted by molar-refractivity contribution is 7.97. The van der Waals surface area contributed by atoms with E-state index in [2.05, 4.69) is 114 Å². The lowest BCUT2D eigenvalue weighted by atomic mass is 10.0. The summed E-state index contributed by atoms with van der Waals surface area (Å²) in [6.45, 7) is 62.9. The van der Waals surface area contributed by atoms with Crippen LogP contribution < -0.4 is 11.1 Å². The fraction of sp³-hybridized carbons (Fsp3) is 0.540. The summed E-state index contributed by atoms with van der Waals surface area (Å²) in [4.78, 5) is 36.0. The van der Waals surface area contributed by atoms with E-state index in [0.29, 0.717) is 6.79 Å². The van der Waals surface area contributed by atoms with E-state index >= 15 is 0 Å². The molecular formula is C87H166N12O9S3. The fourth-order valence-corrected chi connectivity index (χ4v) is 6.60. The lowest BCUT2D eigenvalue weighted by molar-refractivity contribution is -0.119. The summed E-state index contributed by atoms with van der Waals surface area (Å²) in [6.07, 6.45) is 64.0. The van der Waals surface area contributed by atoms with E-state index in [1.807, 2.05) is 268 Å². The first kappa shape index (κ1) is 138. The van der Waals surface area contributed by atoms with E-state index in [0.717, 1.165) is 56.2 Å². The van der Waals surface area contributed by atoms with E-state index in [9.17, 15) is 18.0 Å². The van der Waals surface area contributed by atoms with E-state index in [-0.39, 0.29) is 5.91 Å². The highest BCUT2D eigenvalue weighted by Crippen LogP contribution is 2.15. The number of thiazole rings is 1. The summed E-state index contributed by atoms with van der Waals surface area (Å²) in [5.74, 6) is -0.204. The van der Waals surface area contributed by atoms with Crippen LogP contribution in [0.2, 0.25) is 0 Å². The molecular weight excluding hydrogens is 1450 g/mol. The number of aromatic amines is 3. The van der Waals surface area contributed by atoms with Gasteiger partial charge in [0.05, 0.1) is 61.6 Å². The third-order valence-corrected chi connectivity index (χ3v) is 11.0. The molecule has 1 saturated carbocycles. The second-order valence-electron chi connectivity index (χ2n) is 15.4. The zero-order chi connectivity index (χ0) is 88.0. The SMILES string of the molecule is C1=CCC=C1.C1=CCCC1.C1=CN=NC1.C1=COCC1.C1=COCO1.C1CCCCC1.CC.CC.CC.CC.CC.CC.CC.CC.CC.CC.CC.CC.CC.CC.CC.O=C1CCCN1.O=S1(=O)C=CC=C1.O=c1[nH]cco1.c1c[nH]cn1.c1ccccc1.c1cn[nH]c1.c1cnsn1.c1cocn1.c1cscn1. The molecule has 4 N–H and O–H groups in total. The summed E-state index contributed by atoms with van der Waals surface area (Å²) >= 11 is 2.81. The van der Waals surface area contributed by atoms with Crippen molar-refractivity contribution < 1.29 is 36.3 Å². The van der Waals surface area contributed by atoms with Crippen molar-refractivity contribution in [2.75, 3.05) is 26.5 Å². The number of allylic oxidation sites excluding steroid dienone is 8. The maximum atomic E-state index is 10.3. The summed E-state index contributed by atoms with van der Waals surface area (Å²) in [5.41, 5.74) is 1.79. The van der Waals surface area contributed by atoms with E-state index in [4.69, 9.17) is 4.74 Å². The number of hydrogen-bond donors (Lipinski definition) is 4. The van der Waals surface area contributed by atoms with Gasteiger partial charge < -0.3 is 33.3 Å². The number of ether oxygens (including phenoxy) is 3. The third-order valence-electron chi connectivity index (χ3n) is 8.93. The van der Waals surface area contributed by atoms with Crippen molar-refractivity contribution in [3.8, 4) is 0 Å². The molecule has 7 aromatic rings. The molecule has 0 unspecified atom stereocenters. The van der Waals surface area contributed by atoms with Gasteiger partial charge in [-0.2, -0.15) is 24.1 Å². The van der Waals surface area contributed by atoms with Crippen LogP contribution in [0.1, 0.15) is 291 Å². The Bertz CT molecular complexity index is 2310. The molecule has 0 bridgehead atoms. The second kappa shape index (κ2) is 171. The van der Waals surface area contributed by atoms with Gasteiger partial charge in [0.15, 0.2) is 16.2 Å². The molecule has 0 spiro atoms. The van der Waals surface area contributed by atoms with Crippen LogP contribution in [-0.2, 0) is 28.8 Å². The van der Waals surface area contributed by atoms with Gasteiger partial charge in [0, 0.05) is 79.0 Å². The van der Waals surface area contributed by atoms with Crippen LogP contribution in [0.5, 0.6) is 0 Å². The number of aromatic nitrogens is 9. The van der Waals surface area contributed by atoms with Crippen LogP contribution in [-0.4, -0.2) is 84.7 Å². The molecule has 1 amide bonds. The normalized spacial score (nSPS) is 11.6. The molecule has 11 heterocycles. The quantitative estimate of drug-likeness (QED) is 0.103. The van der Waals surface area contributed by atoms with Gasteiger partial charge in [-0.25, -0.2) is 23.2 Å². The van der Waals surface area contributed by atoms with E-state index in [1.165, 1.54) is 119 Å². The predicted molar refractivity (Wildman–Crippen MR) is 489 cm³/mol. The highest BCUT2D eigenvalue weighted by Gasteiger charge is 2.05. The number of nitrogens with zero attached hydrogens (tertiary/aromatic N) is 8. The Hall–Kier alpha value is -8.61. The maximum absolute atomic E-state index is 10.3. The zero-order valence-corrected chi connectivity index (χ0v) is 77.9. The van der Waals surface area contributed by atoms with Crippen molar-refractivity contribution in [3.05, 3.63) is 241 Å². The number of azo groups is 1. The standard InChI is InChI=1S/C6H12.C6H6.C5H8.C5H6.C4H7NO.C4H4O2S.C4H6O.3C3H4N2.C3H3NO2.C3H3NO.C3H3NS.C3H4O2.C2H2N2S.15C2H6/c2*1-2-4-6-5-3-1;2*1-2-4-5-3-1;6-4-2-1-3-5-4;5-7(6)3-1-2-4-7;1-2-4-5-3-1;1-2-5-3-4-1;2*1-2-4-5-3-1;5-3-4-1-2-6-3;3*1-2-5-3-4-1;1-2-4-5-3-1;15*1-2/h1-6H2;1-6H;1-2H,3-5H2;1-4H,5H2;1-3H2,(H,5,6);1-4H;1,3H,2,4H2;1-3H,(H,4,5);1-2H,3H2;1-3H,(H,4,5);1-2H,(H,4,5);2*1-3H;1-2H,3H2;1-2H;15*1-2H3. The highest BCUT2D eigenvalue weighted by atomic mass is 32.2. The van der Waals surface area contributed by atoms with E-state index < -0.39 is 15.6 Å². The van der Waals surface area contributed by atoms with Crippen LogP contribution in [0.15, 0.2) is 255 Å². The molecule has 5 aliphatic heterocycles. The summed E-state index contributed by atoms with van der Waals surface area (Å²) in [7, 11) is -2.91. The minimum Gasteiger partial charge on any atom is -0.501 e. The van der Waals surface area contributed by atoms with Gasteiger partial charge in [-0.3, -0.25) is 19.9 Å². The number of amides is 1. The molecule has 1 saturated heterocycles. The molecule has 15 rings (SSSR count). The predicted octanol–water partition coefficient (Wildman–Crippen LogP) is 28.5. The van der Waals surface area contributed by atoms with Crippen molar-refractivity contribution in [1.82, 2.24) is 49.2 Å². The van der Waals surface area contributed by atoms with Gasteiger partial charge in [0.1, 0.15) is 25.1 Å². The summed E-state index contributed by atoms with van der Waals surface area (Å²) in [6, 6.07) is 13.8. The van der Waals surface area contributed by atoms with Crippen LogP contribution >= 0.6 is 23.1 Å². The fourth-order valence-electron chi connectivity index (χ4n) is 5.27. The van der Waals surface area contributed by atoms with Crippen molar-refractivity contribution in [2.45, 2.75) is 291 Å². The van der Waals surface area contributed by atoms with Gasteiger partial charge in [-0.05, 0) is 62.5 Å². The Balaban J connectivity index is -0.0000000668. The molecule has 111 heavy (non-hydrogen) atoms. The Morgan fingerprint density at radius 2 is 0.973 bits per heavy atom. The molecule has 24 heteroatoms. The van der Waals surface area contributed by atoms with Crippen molar-refractivity contribution in [2.24, 2.45) is 10.2 Å². The first-order valence-corrected chi connectivity index (χ1v) is 44.1. The molecule has 646 valence electrons. The smallest absolute Gasteiger partial charge is 0.416 e. The number of H-pyrrole nitrogens is 3. The van der Waals surface area contributed by atoms with Crippen LogP contribution in [0.4, 0.5) is 0 Å². The van der Waals surface area contributed by atoms with Gasteiger partial charge in [-0.1, -0.05) is 319 Å². The average molecular weight is 1620 g/mol. The zero-order valence-electron chi connectivity index (χ0n) is 75.4. The summed E-state index contributed by atoms with van der Waals surface area (Å²) in [5, 5.41) is 20.3. The molecule has 21 nitrogen and oxygen atoms in total. The first-order valence-electron chi connectivity index (χ1n) is 40.8. The van der Waals surface area contributed by atoms with E-state index in [1.54, 1.807) is 85.2 Å². The summed E-state index contributed by atoms with van der Waals surface area (Å²) < 4.78 is 50.4. The number of nitrogens with one attached hydrogen (secondary N) is 4. The number of hydrogen-bond acceptors (Lipinski definition) is 19. The average Bonchev–Trinajstić information content (AvgIpc) is 1.79. The van der Waals surface area contributed by atoms with Crippen LogP contribution in [0.3, 0.4) is 0 Å². The molecule has 0 radical (unpaired) electrons. The Morgan fingerprint density at radius 3 is 1.11 bits per heavy atom. The molecule has 1 aromatic carbocycles. The molecule has 0 atom stereocenters. The lowest BCUT2D eigenvalue weighted by Crippen LogP contribution is -2.12. The minimum atomic E-state index is -2.91. The van der Waals surface area contributed by atoms with Crippen LogP contribution in [0.25, 0.3) is 0 Å². The number of sulfone groups is 1. The molecule has 6 aromatic heterocycles. The van der Waals surface area contributed by atoms with Crippen molar-refractivity contribution in [3.63, 3.8) is 0 Å². The van der Waals surface area contributed by atoms with Gasteiger partial charge in [-0.15, -0.1) is 11.3 Å². The maximum Gasteiger partial charge on any atom is 0.416 e. The number of imidazole rings is 1. The first-order chi connectivity index (χ1) is 55.0. The number of carbonyl (C=O) groups excluding carboxylic acids is 1. The van der Waals surface area contributed by atoms with Gasteiger partial charge in [0.25, 0.3) is 0 Å². The third kappa shape index (κ3) is 172. The minimum absolute atomic E-state index is 0.204. The topological polar surface area (TPSA) is 284 Å². The van der Waals surface area contributed by atoms with Gasteiger partial charge in [0.2, 0.25) is 12.7 Å². The molecule has 3 aliphatic carbocycles. The van der Waals surface area contributed by atoms with Gasteiger partial charge >= 0.3 is 5.76 Å². The number of oxazole rings is 2. The molecule has 8 aliphatic rings. The number of carbonyl (C=O) groups is 1. The Kier molecular flexibility index (Phi) is 212. The monoisotopic (exact) mass is 1620 g/mol. The number of rotatable bonds is 0. The Labute approximate surface area is 689 Å². The van der Waals surface area contributed by atoms with Crippen LogP contribution in [0, 0.1) is 0 Å². The van der Waals surface area contributed by atoms with Crippen molar-refractivity contribution in [1.29, 1.82) is 0 Å². The lowest BCUT2D eigenvalue weighted by Gasteiger charge is -2.05. The second-order valence-corrected chi connectivity index (χ2v) is 18.4.